The normalized spacial score (nSPS) is 11.4. The molecule has 0 saturated heterocycles. The summed E-state index contributed by atoms with van der Waals surface area (Å²) in [5.41, 5.74) is 1.01. The molecule has 0 unspecified atom stereocenters. The maximum absolute atomic E-state index is 12.3. The Balaban J connectivity index is 2.57. The lowest BCUT2D eigenvalue weighted by molar-refractivity contribution is 0.596. The van der Waals surface area contributed by atoms with Crippen molar-refractivity contribution in [2.75, 3.05) is 0 Å². The first-order chi connectivity index (χ1) is 8.01. The second-order valence-electron chi connectivity index (χ2n) is 3.73. The zero-order valence-electron chi connectivity index (χ0n) is 9.22. The summed E-state index contributed by atoms with van der Waals surface area (Å²) in [7, 11) is -3.41. The molecule has 2 aromatic rings. The van der Waals surface area contributed by atoms with Crippen LogP contribution < -0.4 is 0 Å². The molecule has 88 valence electrons. The van der Waals surface area contributed by atoms with Gasteiger partial charge in [-0.1, -0.05) is 40.2 Å². The Kier molecular flexibility index (Phi) is 3.35. The van der Waals surface area contributed by atoms with Crippen molar-refractivity contribution in [3.05, 3.63) is 58.6 Å². The number of sulfone groups is 1. The molecule has 2 nitrogen and oxygen atoms in total. The highest BCUT2D eigenvalue weighted by Gasteiger charge is 2.17. The van der Waals surface area contributed by atoms with Crippen LogP contribution in [0.3, 0.4) is 0 Å². The second kappa shape index (κ2) is 4.63. The van der Waals surface area contributed by atoms with Crippen molar-refractivity contribution < 1.29 is 8.42 Å². The average Bonchev–Trinajstić information content (AvgIpc) is 2.33. The van der Waals surface area contributed by atoms with E-state index in [1.54, 1.807) is 48.5 Å². The lowest BCUT2D eigenvalue weighted by atomic mass is 10.2. The summed E-state index contributed by atoms with van der Waals surface area (Å²) < 4.78 is 25.4. The summed E-state index contributed by atoms with van der Waals surface area (Å²) in [6, 6.07) is 13.5. The van der Waals surface area contributed by atoms with Crippen LogP contribution in [0, 0.1) is 6.92 Å². The van der Waals surface area contributed by atoms with Crippen LogP contribution in [-0.2, 0) is 9.84 Å². The molecule has 2 aromatic carbocycles. The van der Waals surface area contributed by atoms with Gasteiger partial charge < -0.3 is 0 Å². The Hall–Kier alpha value is -1.13. The first-order valence-electron chi connectivity index (χ1n) is 5.08. The fourth-order valence-corrected chi connectivity index (χ4v) is 3.31. The van der Waals surface area contributed by atoms with Crippen LogP contribution >= 0.6 is 15.9 Å². The SMILES string of the molecule is Cc1ccc(S(=O)(=O)c2ccccc2)cc1Br. The first kappa shape index (κ1) is 12.3. The molecule has 4 heteroatoms. The molecule has 0 N–H and O–H groups in total. The maximum atomic E-state index is 12.3. The van der Waals surface area contributed by atoms with Crippen molar-refractivity contribution in [3.8, 4) is 0 Å². The Morgan fingerprint density at radius 1 is 0.941 bits per heavy atom. The van der Waals surface area contributed by atoms with E-state index in [1.807, 2.05) is 6.92 Å². The van der Waals surface area contributed by atoms with Crippen LogP contribution in [0.25, 0.3) is 0 Å². The summed E-state index contributed by atoms with van der Waals surface area (Å²) >= 11 is 3.35. The molecule has 17 heavy (non-hydrogen) atoms. The Morgan fingerprint density at radius 3 is 2.18 bits per heavy atom. The second-order valence-corrected chi connectivity index (χ2v) is 6.53. The van der Waals surface area contributed by atoms with Gasteiger partial charge in [0, 0.05) is 4.47 Å². The van der Waals surface area contributed by atoms with Crippen LogP contribution in [-0.4, -0.2) is 8.42 Å². The van der Waals surface area contributed by atoms with Crippen LogP contribution in [0.15, 0.2) is 62.8 Å². The standard InChI is InChI=1S/C13H11BrO2S/c1-10-7-8-12(9-13(10)14)17(15,16)11-5-3-2-4-6-11/h2-9H,1H3. The highest BCUT2D eigenvalue weighted by Crippen LogP contribution is 2.25. The Morgan fingerprint density at radius 2 is 1.59 bits per heavy atom. The number of halogens is 1. The van der Waals surface area contributed by atoms with Gasteiger partial charge in [-0.2, -0.15) is 0 Å². The summed E-state index contributed by atoms with van der Waals surface area (Å²) in [5.74, 6) is 0. The molecule has 2 rings (SSSR count). The molecule has 0 atom stereocenters. The topological polar surface area (TPSA) is 34.1 Å². The van der Waals surface area contributed by atoms with E-state index in [1.165, 1.54) is 0 Å². The molecule has 0 radical (unpaired) electrons. The largest absolute Gasteiger partial charge is 0.219 e. The van der Waals surface area contributed by atoms with Crippen molar-refractivity contribution in [1.82, 2.24) is 0 Å². The van der Waals surface area contributed by atoms with Crippen molar-refractivity contribution in [2.45, 2.75) is 16.7 Å². The minimum absolute atomic E-state index is 0.307. The third kappa shape index (κ3) is 2.42. The minimum Gasteiger partial charge on any atom is -0.219 e. The van der Waals surface area contributed by atoms with Gasteiger partial charge in [0.15, 0.2) is 0 Å². The molecule has 0 aliphatic rings. The Labute approximate surface area is 109 Å². The van der Waals surface area contributed by atoms with Gasteiger partial charge in [-0.25, -0.2) is 8.42 Å². The number of hydrogen-bond donors (Lipinski definition) is 0. The van der Waals surface area contributed by atoms with E-state index < -0.39 is 9.84 Å². The number of aryl methyl sites for hydroxylation is 1. The van der Waals surface area contributed by atoms with Crippen molar-refractivity contribution in [3.63, 3.8) is 0 Å². The molecule has 0 aliphatic carbocycles. The molecule has 0 saturated carbocycles. The monoisotopic (exact) mass is 310 g/mol. The zero-order chi connectivity index (χ0) is 12.5. The van der Waals surface area contributed by atoms with Crippen molar-refractivity contribution in [2.24, 2.45) is 0 Å². The summed E-state index contributed by atoms with van der Waals surface area (Å²) in [6.45, 7) is 1.92. The summed E-state index contributed by atoms with van der Waals surface area (Å²) in [4.78, 5) is 0.622. The van der Waals surface area contributed by atoms with Crippen molar-refractivity contribution in [1.29, 1.82) is 0 Å². The predicted molar refractivity (Wildman–Crippen MR) is 70.8 cm³/mol. The van der Waals surface area contributed by atoms with Crippen LogP contribution in [0.2, 0.25) is 0 Å². The molecule has 0 bridgehead atoms. The van der Waals surface area contributed by atoms with E-state index in [0.29, 0.717) is 9.79 Å². The van der Waals surface area contributed by atoms with Crippen LogP contribution in [0.1, 0.15) is 5.56 Å². The van der Waals surface area contributed by atoms with E-state index in [4.69, 9.17) is 0 Å². The van der Waals surface area contributed by atoms with E-state index in [0.717, 1.165) is 10.0 Å². The van der Waals surface area contributed by atoms with Gasteiger partial charge in [0.2, 0.25) is 9.84 Å². The van der Waals surface area contributed by atoms with E-state index in [9.17, 15) is 8.42 Å². The fraction of sp³-hybridized carbons (Fsp3) is 0.0769. The quantitative estimate of drug-likeness (QED) is 0.849. The first-order valence-corrected chi connectivity index (χ1v) is 7.36. The lowest BCUT2D eigenvalue weighted by Crippen LogP contribution is -2.01. The highest BCUT2D eigenvalue weighted by atomic mass is 79.9. The van der Waals surface area contributed by atoms with Gasteiger partial charge in [-0.05, 0) is 36.8 Å². The molecular formula is C13H11BrO2S. The van der Waals surface area contributed by atoms with Gasteiger partial charge in [0.05, 0.1) is 9.79 Å². The molecule has 0 spiro atoms. The van der Waals surface area contributed by atoms with Gasteiger partial charge in [0.1, 0.15) is 0 Å². The predicted octanol–water partition coefficient (Wildman–Crippen LogP) is 3.59. The third-order valence-electron chi connectivity index (χ3n) is 2.51. The third-order valence-corrected chi connectivity index (χ3v) is 5.13. The number of hydrogen-bond acceptors (Lipinski definition) is 2. The minimum atomic E-state index is -3.41. The average molecular weight is 311 g/mol. The fourth-order valence-electron chi connectivity index (χ4n) is 1.48. The summed E-state index contributed by atoms with van der Waals surface area (Å²) in [5, 5.41) is 0. The molecule has 0 amide bonds. The smallest absolute Gasteiger partial charge is 0.206 e. The number of rotatable bonds is 2. The van der Waals surface area contributed by atoms with Crippen molar-refractivity contribution >= 4 is 25.8 Å². The van der Waals surface area contributed by atoms with Gasteiger partial charge in [-0.15, -0.1) is 0 Å². The molecule has 0 fully saturated rings. The van der Waals surface area contributed by atoms with E-state index >= 15 is 0 Å². The zero-order valence-corrected chi connectivity index (χ0v) is 11.6. The van der Waals surface area contributed by atoms with E-state index in [2.05, 4.69) is 15.9 Å². The van der Waals surface area contributed by atoms with E-state index in [-0.39, 0.29) is 0 Å². The van der Waals surface area contributed by atoms with Crippen LogP contribution in [0.5, 0.6) is 0 Å². The Bertz CT molecular complexity index is 634. The highest BCUT2D eigenvalue weighted by molar-refractivity contribution is 9.10. The molecular weight excluding hydrogens is 300 g/mol. The summed E-state index contributed by atoms with van der Waals surface area (Å²) in [6.07, 6.45) is 0. The van der Waals surface area contributed by atoms with Gasteiger partial charge in [0.25, 0.3) is 0 Å². The number of benzene rings is 2. The van der Waals surface area contributed by atoms with Crippen LogP contribution in [0.4, 0.5) is 0 Å². The molecule has 0 aliphatic heterocycles. The van der Waals surface area contributed by atoms with Gasteiger partial charge >= 0.3 is 0 Å². The van der Waals surface area contributed by atoms with Gasteiger partial charge in [-0.3, -0.25) is 0 Å². The lowest BCUT2D eigenvalue weighted by Gasteiger charge is -2.06. The molecule has 0 aromatic heterocycles. The molecule has 0 heterocycles. The maximum Gasteiger partial charge on any atom is 0.206 e.